The summed E-state index contributed by atoms with van der Waals surface area (Å²) in [6.07, 6.45) is 0. The average molecular weight is 362 g/mol. The molecule has 2 aromatic carbocycles. The molecule has 1 aliphatic rings. The summed E-state index contributed by atoms with van der Waals surface area (Å²) in [6.45, 7) is 2.74. The van der Waals surface area contributed by atoms with Crippen LogP contribution >= 0.6 is 12.4 Å². The van der Waals surface area contributed by atoms with E-state index in [0.29, 0.717) is 18.7 Å². The fraction of sp³-hybridized carbons (Fsp3) is 0.278. The summed E-state index contributed by atoms with van der Waals surface area (Å²) in [5.74, 6) is -0.126. The lowest BCUT2D eigenvalue weighted by atomic mass is 9.95. The Kier molecular flexibility index (Phi) is 5.77. The number of hydrogen-bond acceptors (Lipinski definition) is 4. The predicted octanol–water partition coefficient (Wildman–Crippen LogP) is 2.89. The lowest BCUT2D eigenvalue weighted by Crippen LogP contribution is -2.32. The number of nitro benzene ring substituents is 1. The van der Waals surface area contributed by atoms with Crippen molar-refractivity contribution in [2.75, 3.05) is 13.1 Å². The molecular weight excluding hydrogens is 342 g/mol. The number of nitrogens with zero attached hydrogens (tertiary/aromatic N) is 2. The lowest BCUT2D eigenvalue weighted by molar-refractivity contribution is -0.384. The molecule has 0 radical (unpaired) electrons. The van der Waals surface area contributed by atoms with E-state index in [1.54, 1.807) is 17.9 Å². The number of benzene rings is 2. The van der Waals surface area contributed by atoms with Gasteiger partial charge in [-0.15, -0.1) is 12.4 Å². The topological polar surface area (TPSA) is 89.5 Å². The zero-order valence-corrected chi connectivity index (χ0v) is 14.6. The Labute approximate surface area is 152 Å². The van der Waals surface area contributed by atoms with Crippen LogP contribution in [0.15, 0.2) is 48.5 Å². The summed E-state index contributed by atoms with van der Waals surface area (Å²) in [5.41, 5.74) is 8.35. The number of nitrogens with two attached hydrogens (primary N) is 1. The van der Waals surface area contributed by atoms with Gasteiger partial charge in [0.25, 0.3) is 11.6 Å². The van der Waals surface area contributed by atoms with Crippen LogP contribution in [0.3, 0.4) is 0 Å². The first-order valence-electron chi connectivity index (χ1n) is 7.82. The number of nitro groups is 1. The highest BCUT2D eigenvalue weighted by molar-refractivity contribution is 5.96. The van der Waals surface area contributed by atoms with Crippen molar-refractivity contribution in [3.63, 3.8) is 0 Å². The van der Waals surface area contributed by atoms with Crippen molar-refractivity contribution >= 4 is 24.0 Å². The van der Waals surface area contributed by atoms with E-state index < -0.39 is 4.92 Å². The maximum atomic E-state index is 12.8. The van der Waals surface area contributed by atoms with Crippen LogP contribution in [0.4, 0.5) is 5.69 Å². The number of rotatable bonds is 3. The predicted molar refractivity (Wildman–Crippen MR) is 98.1 cm³/mol. The number of hydrogen-bond donors (Lipinski definition) is 1. The van der Waals surface area contributed by atoms with Crippen LogP contribution in [0.1, 0.15) is 27.4 Å². The van der Waals surface area contributed by atoms with E-state index in [1.165, 1.54) is 12.1 Å². The van der Waals surface area contributed by atoms with Crippen molar-refractivity contribution in [2.24, 2.45) is 5.73 Å². The van der Waals surface area contributed by atoms with Crippen molar-refractivity contribution in [3.8, 4) is 0 Å². The largest absolute Gasteiger partial charge is 0.336 e. The molecule has 3 rings (SSSR count). The van der Waals surface area contributed by atoms with Crippen LogP contribution in [-0.4, -0.2) is 34.9 Å². The second kappa shape index (κ2) is 7.63. The van der Waals surface area contributed by atoms with Crippen molar-refractivity contribution in [1.82, 2.24) is 4.90 Å². The molecule has 1 saturated heterocycles. The summed E-state index contributed by atoms with van der Waals surface area (Å²) >= 11 is 0. The summed E-state index contributed by atoms with van der Waals surface area (Å²) in [5, 5.41) is 11.0. The molecule has 6 nitrogen and oxygen atoms in total. The summed E-state index contributed by atoms with van der Waals surface area (Å²) < 4.78 is 0. The first-order valence-corrected chi connectivity index (χ1v) is 7.82. The van der Waals surface area contributed by atoms with E-state index in [1.807, 2.05) is 30.3 Å². The van der Waals surface area contributed by atoms with Gasteiger partial charge >= 0.3 is 0 Å². The molecular formula is C18H20ClN3O3. The Balaban J connectivity index is 0.00000225. The molecule has 0 spiro atoms. The van der Waals surface area contributed by atoms with E-state index in [-0.39, 0.29) is 36.0 Å². The maximum absolute atomic E-state index is 12.8. The summed E-state index contributed by atoms with van der Waals surface area (Å²) in [4.78, 5) is 25.0. The molecule has 1 amide bonds. The van der Waals surface area contributed by atoms with Crippen LogP contribution < -0.4 is 5.73 Å². The fourth-order valence-corrected chi connectivity index (χ4v) is 3.17. The van der Waals surface area contributed by atoms with E-state index >= 15 is 0 Å². The molecule has 2 aromatic rings. The molecule has 2 N–H and O–H groups in total. The van der Waals surface area contributed by atoms with E-state index in [4.69, 9.17) is 5.73 Å². The quantitative estimate of drug-likeness (QED) is 0.672. The Morgan fingerprint density at radius 1 is 1.20 bits per heavy atom. The minimum atomic E-state index is -0.487. The van der Waals surface area contributed by atoms with Crippen molar-refractivity contribution in [1.29, 1.82) is 0 Å². The molecule has 0 saturated carbocycles. The smallest absolute Gasteiger partial charge is 0.270 e. The Hall–Kier alpha value is -2.44. The maximum Gasteiger partial charge on any atom is 0.270 e. The Morgan fingerprint density at radius 3 is 2.52 bits per heavy atom. The fourth-order valence-electron chi connectivity index (χ4n) is 3.17. The number of amides is 1. The minimum absolute atomic E-state index is 0. The lowest BCUT2D eigenvalue weighted by Gasteiger charge is -2.17. The van der Waals surface area contributed by atoms with Crippen LogP contribution in [0.2, 0.25) is 0 Å². The highest BCUT2D eigenvalue weighted by atomic mass is 35.5. The number of carbonyl (C=O) groups is 1. The molecule has 25 heavy (non-hydrogen) atoms. The first kappa shape index (κ1) is 18.9. The van der Waals surface area contributed by atoms with Gasteiger partial charge < -0.3 is 10.6 Å². The van der Waals surface area contributed by atoms with Crippen molar-refractivity contribution < 1.29 is 9.72 Å². The zero-order chi connectivity index (χ0) is 17.3. The monoisotopic (exact) mass is 361 g/mol. The Bertz CT molecular complexity index is 782. The van der Waals surface area contributed by atoms with Crippen molar-refractivity contribution in [2.45, 2.75) is 18.9 Å². The van der Waals surface area contributed by atoms with E-state index in [0.717, 1.165) is 11.1 Å². The molecule has 0 bridgehead atoms. The second-order valence-corrected chi connectivity index (χ2v) is 6.15. The molecule has 1 heterocycles. The normalized spacial score (nSPS) is 19.4. The van der Waals surface area contributed by atoms with Gasteiger partial charge in [0.2, 0.25) is 0 Å². The van der Waals surface area contributed by atoms with Gasteiger partial charge in [0.1, 0.15) is 0 Å². The molecule has 1 fully saturated rings. The molecule has 0 unspecified atom stereocenters. The van der Waals surface area contributed by atoms with Crippen LogP contribution in [0.25, 0.3) is 0 Å². The van der Waals surface area contributed by atoms with Gasteiger partial charge in [0.05, 0.1) is 4.92 Å². The van der Waals surface area contributed by atoms with Gasteiger partial charge in [0.15, 0.2) is 0 Å². The number of non-ortho nitro benzene ring substituents is 1. The Morgan fingerprint density at radius 2 is 1.88 bits per heavy atom. The number of aryl methyl sites for hydroxylation is 1. The molecule has 1 aliphatic heterocycles. The average Bonchev–Trinajstić information content (AvgIpc) is 2.97. The van der Waals surface area contributed by atoms with Gasteiger partial charge in [-0.25, -0.2) is 0 Å². The van der Waals surface area contributed by atoms with Crippen LogP contribution in [-0.2, 0) is 0 Å². The second-order valence-electron chi connectivity index (χ2n) is 6.15. The molecule has 0 aromatic heterocycles. The van der Waals surface area contributed by atoms with Gasteiger partial charge in [-0.1, -0.05) is 36.4 Å². The van der Waals surface area contributed by atoms with Crippen molar-refractivity contribution in [3.05, 3.63) is 75.3 Å². The van der Waals surface area contributed by atoms with E-state index in [2.05, 4.69) is 0 Å². The summed E-state index contributed by atoms with van der Waals surface area (Å²) in [6, 6.07) is 14.1. The summed E-state index contributed by atoms with van der Waals surface area (Å²) in [7, 11) is 0. The van der Waals surface area contributed by atoms with Gasteiger partial charge in [0, 0.05) is 42.7 Å². The third-order valence-electron chi connectivity index (χ3n) is 4.54. The number of likely N-dealkylation sites (tertiary alicyclic amines) is 1. The molecule has 132 valence electrons. The zero-order valence-electron chi connectivity index (χ0n) is 13.8. The standard InChI is InChI=1S/C18H19N3O3.ClH/c1-12-7-8-14(21(23)24)9-15(12)18(22)20-10-16(17(19)11-20)13-5-3-2-4-6-13;/h2-9,16-17H,10-11,19H2,1H3;1H/t16-,17+;/m0./s1. The van der Waals surface area contributed by atoms with Gasteiger partial charge in [-0.2, -0.15) is 0 Å². The van der Waals surface area contributed by atoms with Crippen LogP contribution in [0.5, 0.6) is 0 Å². The number of halogens is 1. The molecule has 7 heteroatoms. The third-order valence-corrected chi connectivity index (χ3v) is 4.54. The highest BCUT2D eigenvalue weighted by Crippen LogP contribution is 2.28. The van der Waals surface area contributed by atoms with E-state index in [9.17, 15) is 14.9 Å². The van der Waals surface area contributed by atoms with Crippen LogP contribution in [0, 0.1) is 17.0 Å². The first-order chi connectivity index (χ1) is 11.5. The molecule has 2 atom stereocenters. The van der Waals surface area contributed by atoms with Gasteiger partial charge in [-0.05, 0) is 18.1 Å². The third kappa shape index (κ3) is 3.81. The number of carbonyl (C=O) groups excluding carboxylic acids is 1. The highest BCUT2D eigenvalue weighted by Gasteiger charge is 2.34. The minimum Gasteiger partial charge on any atom is -0.336 e. The van der Waals surface area contributed by atoms with Gasteiger partial charge in [-0.3, -0.25) is 14.9 Å². The SMILES string of the molecule is Cc1ccc([N+](=O)[O-])cc1C(=O)N1C[C@@H](N)[C@H](c2ccccc2)C1.Cl. The molecule has 0 aliphatic carbocycles.